The van der Waals surface area contributed by atoms with Crippen molar-refractivity contribution in [1.29, 1.82) is 0 Å². The topological polar surface area (TPSA) is 87.1 Å². The minimum absolute atomic E-state index is 0.113. The number of hydrogen-bond acceptors (Lipinski definition) is 4. The van der Waals surface area contributed by atoms with Gasteiger partial charge in [-0.3, -0.25) is 0 Å². The molecule has 0 unspecified atom stereocenters. The number of carbonyl (C=O) groups is 2. The van der Waals surface area contributed by atoms with E-state index in [-0.39, 0.29) is 12.6 Å². The maximum Gasteiger partial charge on any atom is 0.410 e. The van der Waals surface area contributed by atoms with E-state index in [9.17, 15) is 14.7 Å². The number of benzene rings is 3. The van der Waals surface area contributed by atoms with Crippen LogP contribution in [0.3, 0.4) is 0 Å². The van der Waals surface area contributed by atoms with Gasteiger partial charge in [0.15, 0.2) is 0 Å². The lowest BCUT2D eigenvalue weighted by molar-refractivity contribution is -0.131. The molecule has 2 N–H and O–H groups in total. The monoisotopic (exact) mass is 547 g/mol. The molecule has 2 atom stereocenters. The summed E-state index contributed by atoms with van der Waals surface area (Å²) in [5.74, 6) is -0.982. The molecule has 0 bridgehead atoms. The highest BCUT2D eigenvalue weighted by atomic mass is 35.5. The number of aliphatic hydroxyl groups excluding tert-OH is 1. The van der Waals surface area contributed by atoms with E-state index in [1.807, 2.05) is 45.0 Å². The van der Waals surface area contributed by atoms with Crippen molar-refractivity contribution >= 4 is 29.7 Å². The number of ether oxygens (including phenoxy) is 1. The zero-order valence-corrected chi connectivity index (χ0v) is 23.2. The number of carboxylic acids is 1. The van der Waals surface area contributed by atoms with Crippen LogP contribution < -0.4 is 0 Å². The van der Waals surface area contributed by atoms with Crippen LogP contribution in [0.25, 0.3) is 17.2 Å². The molecule has 204 valence electrons. The summed E-state index contributed by atoms with van der Waals surface area (Å²) < 4.78 is 5.75. The van der Waals surface area contributed by atoms with Gasteiger partial charge in [-0.2, -0.15) is 0 Å². The van der Waals surface area contributed by atoms with Gasteiger partial charge in [0.05, 0.1) is 12.6 Å². The van der Waals surface area contributed by atoms with Gasteiger partial charge in [-0.05, 0) is 91.6 Å². The molecule has 1 aliphatic rings. The summed E-state index contributed by atoms with van der Waals surface area (Å²) >= 11 is 6.01. The number of amides is 1. The highest BCUT2D eigenvalue weighted by Gasteiger charge is 2.33. The van der Waals surface area contributed by atoms with Crippen LogP contribution in [0, 0.1) is 0 Å². The van der Waals surface area contributed by atoms with E-state index >= 15 is 0 Å². The third-order valence-electron chi connectivity index (χ3n) is 6.76. The number of aliphatic hydroxyl groups is 1. The lowest BCUT2D eigenvalue weighted by atomic mass is 9.85. The molecule has 1 amide bonds. The van der Waals surface area contributed by atoms with Crippen LogP contribution in [-0.2, 0) is 22.4 Å². The zero-order valence-electron chi connectivity index (χ0n) is 22.4. The molecule has 7 heteroatoms. The molecular weight excluding hydrogens is 514 g/mol. The summed E-state index contributed by atoms with van der Waals surface area (Å²) in [7, 11) is 0. The summed E-state index contributed by atoms with van der Waals surface area (Å²) in [6.45, 7) is 5.62. The maximum atomic E-state index is 13.3. The van der Waals surface area contributed by atoms with E-state index in [0.29, 0.717) is 17.0 Å². The van der Waals surface area contributed by atoms with Gasteiger partial charge in [-0.1, -0.05) is 66.2 Å². The number of halogens is 1. The Kier molecular flexibility index (Phi) is 8.78. The van der Waals surface area contributed by atoms with Crippen LogP contribution in [0.1, 0.15) is 55.5 Å². The third-order valence-corrected chi connectivity index (χ3v) is 7.02. The Morgan fingerprint density at radius 2 is 1.69 bits per heavy atom. The van der Waals surface area contributed by atoms with E-state index in [2.05, 4.69) is 18.2 Å². The fraction of sp³-hybridized carbons (Fsp3) is 0.312. The predicted octanol–water partition coefficient (Wildman–Crippen LogP) is 6.93. The molecule has 0 aromatic heterocycles. The van der Waals surface area contributed by atoms with Gasteiger partial charge in [-0.15, -0.1) is 0 Å². The highest BCUT2D eigenvalue weighted by Crippen LogP contribution is 2.31. The minimum Gasteiger partial charge on any atom is -0.478 e. The van der Waals surface area contributed by atoms with Gasteiger partial charge >= 0.3 is 12.1 Å². The standard InChI is InChI=1S/C32H34ClNO5/c1-32(2,3)39-31(38)34(20-29(35)24-11-14-27(33)15-12-24)28-16-13-23-9-10-25(18-26(23)19-28)22-7-4-21(5-8-22)6-17-30(36)37/h4-12,14-15,17-18,28-29,35H,13,16,19-20H2,1-3H3,(H,36,37)/t28-,29-/m0/s1. The molecule has 4 rings (SSSR count). The van der Waals surface area contributed by atoms with E-state index in [1.54, 1.807) is 35.2 Å². The number of aryl methyl sites for hydroxylation is 1. The van der Waals surface area contributed by atoms with Crippen LogP contribution >= 0.6 is 11.6 Å². The Labute approximate surface area is 234 Å². The number of carbonyl (C=O) groups excluding carboxylic acids is 1. The lowest BCUT2D eigenvalue weighted by Crippen LogP contribution is -2.47. The first-order chi connectivity index (χ1) is 18.5. The molecule has 3 aromatic carbocycles. The normalized spacial score (nSPS) is 16.0. The summed E-state index contributed by atoms with van der Waals surface area (Å²) in [5.41, 5.74) is 5.32. The second-order valence-electron chi connectivity index (χ2n) is 10.9. The maximum absolute atomic E-state index is 13.3. The van der Waals surface area contributed by atoms with Crippen molar-refractivity contribution < 1.29 is 24.5 Å². The van der Waals surface area contributed by atoms with Gasteiger partial charge in [0, 0.05) is 17.1 Å². The fourth-order valence-corrected chi connectivity index (χ4v) is 4.93. The van der Waals surface area contributed by atoms with E-state index in [0.717, 1.165) is 41.2 Å². The summed E-state index contributed by atoms with van der Waals surface area (Å²) in [6.07, 6.45) is 3.59. The van der Waals surface area contributed by atoms with Crippen LogP contribution in [0.5, 0.6) is 0 Å². The van der Waals surface area contributed by atoms with Crippen molar-refractivity contribution in [2.75, 3.05) is 6.54 Å². The average Bonchev–Trinajstić information content (AvgIpc) is 2.89. The van der Waals surface area contributed by atoms with Crippen LogP contribution in [0.4, 0.5) is 4.79 Å². The second-order valence-corrected chi connectivity index (χ2v) is 11.3. The van der Waals surface area contributed by atoms with Crippen molar-refractivity contribution in [3.8, 4) is 11.1 Å². The fourth-order valence-electron chi connectivity index (χ4n) is 4.81. The highest BCUT2D eigenvalue weighted by molar-refractivity contribution is 6.30. The number of hydrogen-bond donors (Lipinski definition) is 2. The number of rotatable bonds is 7. The smallest absolute Gasteiger partial charge is 0.410 e. The number of carboxylic acid groups (broad SMARTS) is 1. The SMILES string of the molecule is CC(C)(C)OC(=O)N(C[C@H](O)c1ccc(Cl)cc1)[C@H]1CCc2ccc(-c3ccc(C=CC(=O)O)cc3)cc2C1. The largest absolute Gasteiger partial charge is 0.478 e. The molecule has 0 spiro atoms. The quantitative estimate of drug-likeness (QED) is 0.313. The average molecular weight is 548 g/mol. The number of nitrogens with zero attached hydrogens (tertiary/aromatic N) is 1. The first kappa shape index (κ1) is 28.4. The number of aliphatic carboxylic acids is 1. The van der Waals surface area contributed by atoms with E-state index < -0.39 is 23.8 Å². The Bertz CT molecular complexity index is 1340. The van der Waals surface area contributed by atoms with Gasteiger partial charge in [-0.25, -0.2) is 9.59 Å². The van der Waals surface area contributed by atoms with Gasteiger partial charge < -0.3 is 19.8 Å². The summed E-state index contributed by atoms with van der Waals surface area (Å²) in [4.78, 5) is 25.8. The number of fused-ring (bicyclic) bond motifs is 1. The minimum atomic E-state index is -0.982. The van der Waals surface area contributed by atoms with Gasteiger partial charge in [0.1, 0.15) is 5.60 Å². The first-order valence-corrected chi connectivity index (χ1v) is 13.4. The molecular formula is C32H34ClNO5. The molecule has 39 heavy (non-hydrogen) atoms. The van der Waals surface area contributed by atoms with Crippen LogP contribution in [0.15, 0.2) is 72.8 Å². The Balaban J connectivity index is 1.56. The van der Waals surface area contributed by atoms with Crippen molar-refractivity contribution in [2.45, 2.75) is 57.8 Å². The molecule has 0 aliphatic heterocycles. The third kappa shape index (κ3) is 7.71. The van der Waals surface area contributed by atoms with Crippen LogP contribution in [0.2, 0.25) is 5.02 Å². The Morgan fingerprint density at radius 3 is 2.33 bits per heavy atom. The van der Waals surface area contributed by atoms with Gasteiger partial charge in [0.25, 0.3) is 0 Å². The molecule has 3 aromatic rings. The van der Waals surface area contributed by atoms with Crippen molar-refractivity contribution in [3.63, 3.8) is 0 Å². The zero-order chi connectivity index (χ0) is 28.2. The molecule has 0 saturated carbocycles. The molecule has 0 saturated heterocycles. The van der Waals surface area contributed by atoms with E-state index in [1.165, 1.54) is 5.56 Å². The summed E-state index contributed by atoms with van der Waals surface area (Å²) in [5, 5.41) is 20.4. The van der Waals surface area contributed by atoms with Crippen molar-refractivity contribution in [2.24, 2.45) is 0 Å². The molecule has 0 heterocycles. The van der Waals surface area contributed by atoms with E-state index in [4.69, 9.17) is 21.4 Å². The molecule has 0 radical (unpaired) electrons. The second kappa shape index (κ2) is 12.1. The lowest BCUT2D eigenvalue weighted by Gasteiger charge is -2.37. The first-order valence-electron chi connectivity index (χ1n) is 13.0. The van der Waals surface area contributed by atoms with Crippen LogP contribution in [-0.4, -0.2) is 45.4 Å². The van der Waals surface area contributed by atoms with Gasteiger partial charge in [0.2, 0.25) is 0 Å². The molecule has 6 nitrogen and oxygen atoms in total. The van der Waals surface area contributed by atoms with Crippen molar-refractivity contribution in [3.05, 3.63) is 100 Å². The predicted molar refractivity (Wildman–Crippen MR) is 154 cm³/mol. The van der Waals surface area contributed by atoms with Crippen molar-refractivity contribution in [1.82, 2.24) is 4.90 Å². The molecule has 1 aliphatic carbocycles. The molecule has 0 fully saturated rings. The Hall–Kier alpha value is -3.61. The summed E-state index contributed by atoms with van der Waals surface area (Å²) in [6, 6.07) is 21.0. The Morgan fingerprint density at radius 1 is 1.03 bits per heavy atom.